The Bertz CT molecular complexity index is 557. The second kappa shape index (κ2) is 7.45. The van der Waals surface area contributed by atoms with Crippen molar-refractivity contribution in [1.82, 2.24) is 10.2 Å². The zero-order chi connectivity index (χ0) is 16.2. The highest BCUT2D eigenvalue weighted by Gasteiger charge is 2.37. The Balaban J connectivity index is 1.58. The lowest BCUT2D eigenvalue weighted by Crippen LogP contribution is -2.57. The van der Waals surface area contributed by atoms with Crippen LogP contribution in [0.15, 0.2) is 36.9 Å². The highest BCUT2D eigenvalue weighted by molar-refractivity contribution is 7.80. The van der Waals surface area contributed by atoms with Gasteiger partial charge < -0.3 is 10.6 Å². The number of fused-ring (bicyclic) bond motifs is 2. The van der Waals surface area contributed by atoms with Crippen molar-refractivity contribution in [3.63, 3.8) is 0 Å². The van der Waals surface area contributed by atoms with Gasteiger partial charge in [-0.25, -0.2) is 0 Å². The maximum Gasteiger partial charge on any atom is 0.171 e. The predicted molar refractivity (Wildman–Crippen MR) is 102 cm³/mol. The zero-order valence-corrected chi connectivity index (χ0v) is 14.7. The van der Waals surface area contributed by atoms with E-state index in [0.29, 0.717) is 18.1 Å². The normalized spacial score (nSPS) is 27.3. The quantitative estimate of drug-likeness (QED) is 0.648. The molecule has 0 unspecified atom stereocenters. The number of thiocarbonyl (C=S) groups is 1. The molecule has 2 N–H and O–H groups in total. The summed E-state index contributed by atoms with van der Waals surface area (Å²) in [5.41, 5.74) is 2.31. The summed E-state index contributed by atoms with van der Waals surface area (Å²) in [7, 11) is 0. The fraction of sp³-hybridized carbons (Fsp3) is 0.526. The minimum Gasteiger partial charge on any atom is -0.360 e. The maximum absolute atomic E-state index is 5.54. The molecule has 0 radical (unpaired) electrons. The van der Waals surface area contributed by atoms with Crippen molar-refractivity contribution in [3.05, 3.63) is 42.5 Å². The molecular weight excluding hydrogens is 302 g/mol. The monoisotopic (exact) mass is 329 g/mol. The second-order valence-electron chi connectivity index (χ2n) is 6.81. The first-order valence-corrected chi connectivity index (χ1v) is 9.08. The van der Waals surface area contributed by atoms with Crippen molar-refractivity contribution in [1.29, 1.82) is 0 Å². The highest BCUT2D eigenvalue weighted by atomic mass is 32.1. The highest BCUT2D eigenvalue weighted by Crippen LogP contribution is 2.33. The van der Waals surface area contributed by atoms with E-state index in [1.807, 2.05) is 18.2 Å². The Morgan fingerprint density at radius 3 is 2.65 bits per heavy atom. The lowest BCUT2D eigenvalue weighted by atomic mass is 9.82. The average Bonchev–Trinajstić information content (AvgIpc) is 2.50. The van der Waals surface area contributed by atoms with Crippen LogP contribution in [0.25, 0.3) is 0 Å². The van der Waals surface area contributed by atoms with E-state index in [-0.39, 0.29) is 0 Å². The predicted octanol–water partition coefficient (Wildman–Crippen LogP) is 3.85. The van der Waals surface area contributed by atoms with Crippen molar-refractivity contribution in [2.24, 2.45) is 0 Å². The minimum atomic E-state index is 0.482. The molecule has 0 amide bonds. The molecule has 124 valence electrons. The van der Waals surface area contributed by atoms with E-state index in [4.69, 9.17) is 12.2 Å². The molecule has 1 aromatic carbocycles. The van der Waals surface area contributed by atoms with Crippen LogP contribution in [0.2, 0.25) is 0 Å². The SMILES string of the molecule is C=CCN1[C@H]2CCC[C@H]1CC(NC(=S)Nc1ccccc1C)C2. The molecule has 0 aliphatic carbocycles. The summed E-state index contributed by atoms with van der Waals surface area (Å²) in [6.45, 7) is 7.04. The molecule has 0 spiro atoms. The second-order valence-corrected chi connectivity index (χ2v) is 7.21. The molecule has 2 bridgehead atoms. The van der Waals surface area contributed by atoms with Crippen LogP contribution in [0.3, 0.4) is 0 Å². The molecule has 1 aromatic rings. The number of nitrogens with zero attached hydrogens (tertiary/aromatic N) is 1. The molecule has 2 fully saturated rings. The number of hydrogen-bond acceptors (Lipinski definition) is 2. The van der Waals surface area contributed by atoms with Gasteiger partial charge in [-0.1, -0.05) is 30.7 Å². The summed E-state index contributed by atoms with van der Waals surface area (Å²) >= 11 is 5.54. The molecule has 2 heterocycles. The smallest absolute Gasteiger partial charge is 0.171 e. The summed E-state index contributed by atoms with van der Waals surface area (Å²) < 4.78 is 0. The number of para-hydroxylation sites is 1. The van der Waals surface area contributed by atoms with E-state index in [1.165, 1.54) is 37.7 Å². The summed E-state index contributed by atoms with van der Waals surface area (Å²) in [5.74, 6) is 0. The molecule has 4 heteroatoms. The average molecular weight is 330 g/mol. The van der Waals surface area contributed by atoms with E-state index in [0.717, 1.165) is 17.3 Å². The van der Waals surface area contributed by atoms with Gasteiger partial charge in [-0.05, 0) is 56.5 Å². The van der Waals surface area contributed by atoms with Crippen LogP contribution in [0.4, 0.5) is 5.69 Å². The third kappa shape index (κ3) is 3.93. The number of nitrogens with one attached hydrogen (secondary N) is 2. The third-order valence-electron chi connectivity index (χ3n) is 5.19. The van der Waals surface area contributed by atoms with Gasteiger partial charge in [0.05, 0.1) is 0 Å². The largest absolute Gasteiger partial charge is 0.360 e. The van der Waals surface area contributed by atoms with Crippen LogP contribution in [-0.2, 0) is 0 Å². The lowest BCUT2D eigenvalue weighted by molar-refractivity contribution is 0.0389. The third-order valence-corrected chi connectivity index (χ3v) is 5.41. The van der Waals surface area contributed by atoms with Crippen molar-refractivity contribution < 1.29 is 0 Å². The first-order chi connectivity index (χ1) is 11.2. The van der Waals surface area contributed by atoms with Crippen LogP contribution in [0, 0.1) is 6.92 Å². The van der Waals surface area contributed by atoms with Crippen molar-refractivity contribution >= 4 is 23.0 Å². The molecule has 0 aromatic heterocycles. The van der Waals surface area contributed by atoms with Crippen LogP contribution in [0.5, 0.6) is 0 Å². The van der Waals surface area contributed by atoms with Gasteiger partial charge in [-0.3, -0.25) is 4.90 Å². The molecule has 2 aliphatic heterocycles. The van der Waals surface area contributed by atoms with Crippen molar-refractivity contribution in [2.75, 3.05) is 11.9 Å². The summed E-state index contributed by atoms with van der Waals surface area (Å²) in [6.07, 6.45) is 8.38. The van der Waals surface area contributed by atoms with Gasteiger partial charge in [0.25, 0.3) is 0 Å². The summed E-state index contributed by atoms with van der Waals surface area (Å²) in [6, 6.07) is 10.1. The van der Waals surface area contributed by atoms with Crippen LogP contribution >= 0.6 is 12.2 Å². The molecule has 2 saturated heterocycles. The minimum absolute atomic E-state index is 0.482. The van der Waals surface area contributed by atoms with Crippen LogP contribution in [0.1, 0.15) is 37.7 Å². The number of rotatable bonds is 4. The molecule has 3 rings (SSSR count). The van der Waals surface area contributed by atoms with Crippen LogP contribution < -0.4 is 10.6 Å². The topological polar surface area (TPSA) is 27.3 Å². The Kier molecular flexibility index (Phi) is 5.34. The fourth-order valence-electron chi connectivity index (χ4n) is 4.10. The van der Waals surface area contributed by atoms with E-state index >= 15 is 0 Å². The first kappa shape index (κ1) is 16.5. The lowest BCUT2D eigenvalue weighted by Gasteiger charge is -2.48. The zero-order valence-electron chi connectivity index (χ0n) is 13.9. The van der Waals surface area contributed by atoms with Gasteiger partial charge in [0.2, 0.25) is 0 Å². The summed E-state index contributed by atoms with van der Waals surface area (Å²) in [5, 5.41) is 7.65. The van der Waals surface area contributed by atoms with Crippen LogP contribution in [-0.4, -0.2) is 34.7 Å². The van der Waals surface area contributed by atoms with Gasteiger partial charge in [0, 0.05) is 30.4 Å². The molecule has 2 atom stereocenters. The van der Waals surface area contributed by atoms with Crippen molar-refractivity contribution in [3.8, 4) is 0 Å². The van der Waals surface area contributed by atoms with E-state index in [2.05, 4.69) is 41.2 Å². The van der Waals surface area contributed by atoms with Gasteiger partial charge in [-0.15, -0.1) is 6.58 Å². The first-order valence-electron chi connectivity index (χ1n) is 8.67. The van der Waals surface area contributed by atoms with Gasteiger partial charge >= 0.3 is 0 Å². The molecule has 2 aliphatic rings. The number of piperidine rings is 2. The Morgan fingerprint density at radius 2 is 2.00 bits per heavy atom. The number of anilines is 1. The molecule has 23 heavy (non-hydrogen) atoms. The van der Waals surface area contributed by atoms with Crippen molar-refractivity contribution in [2.45, 2.75) is 57.2 Å². The number of aryl methyl sites for hydroxylation is 1. The Hall–Kier alpha value is -1.39. The fourth-order valence-corrected chi connectivity index (χ4v) is 4.38. The number of hydrogen-bond donors (Lipinski definition) is 2. The van der Waals surface area contributed by atoms with Gasteiger partial charge in [0.15, 0.2) is 5.11 Å². The van der Waals surface area contributed by atoms with Gasteiger partial charge in [-0.2, -0.15) is 0 Å². The Labute approximate surface area is 145 Å². The standard InChI is InChI=1S/C19H27N3S/c1-3-11-22-16-8-6-9-17(22)13-15(12-16)20-19(23)21-18-10-5-4-7-14(18)2/h3-5,7,10,15-17H,1,6,8-9,11-13H2,2H3,(H2,20,21,23)/t16-,17-/m0/s1. The number of benzene rings is 1. The summed E-state index contributed by atoms with van der Waals surface area (Å²) in [4.78, 5) is 2.65. The van der Waals surface area contributed by atoms with E-state index < -0.39 is 0 Å². The molecule has 0 saturated carbocycles. The Morgan fingerprint density at radius 1 is 1.30 bits per heavy atom. The molecular formula is C19H27N3S. The molecule has 3 nitrogen and oxygen atoms in total. The van der Waals surface area contributed by atoms with E-state index in [9.17, 15) is 0 Å². The maximum atomic E-state index is 5.54. The van der Waals surface area contributed by atoms with E-state index in [1.54, 1.807) is 0 Å². The van der Waals surface area contributed by atoms with Gasteiger partial charge in [0.1, 0.15) is 0 Å².